The van der Waals surface area contributed by atoms with Crippen LogP contribution in [0.3, 0.4) is 0 Å². The highest BCUT2D eigenvalue weighted by Gasteiger charge is 2.43. The third-order valence-electron chi connectivity index (χ3n) is 4.81. The van der Waals surface area contributed by atoms with Crippen molar-refractivity contribution in [2.45, 2.75) is 6.10 Å². The molecule has 1 unspecified atom stereocenters. The molecule has 1 aliphatic rings. The zero-order valence-electron chi connectivity index (χ0n) is 16.9. The molecule has 0 amide bonds. The summed E-state index contributed by atoms with van der Waals surface area (Å²) in [6, 6.07) is 5.34. The number of hydrogen-bond donors (Lipinski definition) is 0. The number of para-hydroxylation sites is 1. The van der Waals surface area contributed by atoms with Crippen LogP contribution in [-0.4, -0.2) is 46.3 Å². The van der Waals surface area contributed by atoms with Gasteiger partial charge in [0.1, 0.15) is 5.56 Å². The predicted octanol–water partition coefficient (Wildman–Crippen LogP) is -0.0989. The molecule has 162 valence electrons. The molecule has 12 nitrogen and oxygen atoms in total. The normalized spacial score (nSPS) is 15.0. The number of esters is 2. The maximum atomic E-state index is 13.1. The minimum absolute atomic E-state index is 0.137. The van der Waals surface area contributed by atoms with Crippen molar-refractivity contribution in [3.8, 4) is 5.88 Å². The molecule has 0 radical (unpaired) electrons. The molecule has 2 aromatic rings. The molecule has 3 rings (SSSR count). The molecule has 1 aromatic heterocycles. The predicted molar refractivity (Wildman–Crippen MR) is 104 cm³/mol. The molecule has 0 fully saturated rings. The lowest BCUT2D eigenvalue weighted by Crippen LogP contribution is -2.45. The Morgan fingerprint density at radius 2 is 1.74 bits per heavy atom. The van der Waals surface area contributed by atoms with Crippen LogP contribution in [0, 0.1) is 10.1 Å². The summed E-state index contributed by atoms with van der Waals surface area (Å²) in [6.07, 6.45) is -1.74. The Kier molecular flexibility index (Phi) is 5.47. The van der Waals surface area contributed by atoms with Gasteiger partial charge in [-0.25, -0.2) is 14.4 Å². The first-order valence-electron chi connectivity index (χ1n) is 8.76. The number of rotatable bonds is 4. The van der Waals surface area contributed by atoms with Gasteiger partial charge in [0.15, 0.2) is 0 Å². The molecule has 1 aromatic carbocycles. The number of fused-ring (bicyclic) bond motifs is 1. The van der Waals surface area contributed by atoms with E-state index in [1.165, 1.54) is 38.4 Å². The van der Waals surface area contributed by atoms with Crippen molar-refractivity contribution in [3.05, 3.63) is 71.9 Å². The summed E-state index contributed by atoms with van der Waals surface area (Å²) in [5, 5.41) is 11.7. The number of ether oxygens (including phenoxy) is 3. The maximum absolute atomic E-state index is 13.1. The zero-order chi connectivity index (χ0) is 23.0. The molecule has 1 aliphatic heterocycles. The SMILES string of the molecule is COC(=O)C1=C(c2ccccc2[N+](=O)[O-])c2c(n(C)c(=O)n(C)c2=O)OC1C(=O)OC. The third-order valence-corrected chi connectivity index (χ3v) is 4.81. The van der Waals surface area contributed by atoms with Crippen molar-refractivity contribution in [2.24, 2.45) is 14.1 Å². The van der Waals surface area contributed by atoms with Crippen molar-refractivity contribution >= 4 is 23.2 Å². The number of methoxy groups -OCH3 is 2. The Hall–Kier alpha value is -4.22. The second-order valence-electron chi connectivity index (χ2n) is 6.46. The number of benzene rings is 1. The van der Waals surface area contributed by atoms with Crippen molar-refractivity contribution in [3.63, 3.8) is 0 Å². The maximum Gasteiger partial charge on any atom is 0.352 e. The van der Waals surface area contributed by atoms with E-state index in [1.807, 2.05) is 0 Å². The average Bonchev–Trinajstić information content (AvgIpc) is 2.78. The quantitative estimate of drug-likeness (QED) is 0.367. The number of hydrogen-bond acceptors (Lipinski definition) is 9. The van der Waals surface area contributed by atoms with E-state index in [-0.39, 0.29) is 22.6 Å². The molecule has 0 spiro atoms. The summed E-state index contributed by atoms with van der Waals surface area (Å²) in [5.41, 5.74) is -3.25. The van der Waals surface area contributed by atoms with Gasteiger partial charge in [-0.05, 0) is 6.07 Å². The second kappa shape index (κ2) is 7.89. The standard InChI is InChI=1S/C19H17N3O9/c1-20-15(23)13-11(9-7-5-6-8-10(9)22(27)28)12(17(24)29-3)14(18(25)30-4)31-16(13)21(2)19(20)26/h5-8,14H,1-4H3. The largest absolute Gasteiger partial charge is 0.466 e. The van der Waals surface area contributed by atoms with E-state index in [2.05, 4.69) is 0 Å². The van der Waals surface area contributed by atoms with Crippen LogP contribution in [0.25, 0.3) is 5.57 Å². The minimum atomic E-state index is -1.74. The highest BCUT2D eigenvalue weighted by atomic mass is 16.6. The zero-order valence-corrected chi connectivity index (χ0v) is 16.9. The van der Waals surface area contributed by atoms with Crippen LogP contribution in [0.15, 0.2) is 39.4 Å². The molecule has 1 atom stereocenters. The Morgan fingerprint density at radius 1 is 1.10 bits per heavy atom. The first-order valence-corrected chi connectivity index (χ1v) is 8.76. The van der Waals surface area contributed by atoms with Gasteiger partial charge in [0.25, 0.3) is 11.2 Å². The molecule has 0 saturated carbocycles. The summed E-state index contributed by atoms with van der Waals surface area (Å²) in [7, 11) is 4.57. The van der Waals surface area contributed by atoms with E-state index in [9.17, 15) is 29.3 Å². The molecule has 2 heterocycles. The van der Waals surface area contributed by atoms with E-state index >= 15 is 0 Å². The Morgan fingerprint density at radius 3 is 2.32 bits per heavy atom. The van der Waals surface area contributed by atoms with Crippen molar-refractivity contribution in [1.82, 2.24) is 9.13 Å². The van der Waals surface area contributed by atoms with Gasteiger partial charge in [0.2, 0.25) is 12.0 Å². The van der Waals surface area contributed by atoms with E-state index in [4.69, 9.17) is 14.2 Å². The second-order valence-corrected chi connectivity index (χ2v) is 6.46. The van der Waals surface area contributed by atoms with Gasteiger partial charge in [-0.3, -0.25) is 24.0 Å². The van der Waals surface area contributed by atoms with Gasteiger partial charge in [-0.15, -0.1) is 0 Å². The number of nitro benzene ring substituents is 1. The smallest absolute Gasteiger partial charge is 0.352 e. The highest BCUT2D eigenvalue weighted by Crippen LogP contribution is 2.41. The first-order chi connectivity index (χ1) is 14.6. The summed E-state index contributed by atoms with van der Waals surface area (Å²) < 4.78 is 16.8. The highest BCUT2D eigenvalue weighted by molar-refractivity contribution is 6.09. The van der Waals surface area contributed by atoms with E-state index in [1.54, 1.807) is 0 Å². The fourth-order valence-electron chi connectivity index (χ4n) is 3.33. The van der Waals surface area contributed by atoms with Gasteiger partial charge in [-0.1, -0.05) is 12.1 Å². The minimum Gasteiger partial charge on any atom is -0.466 e. The van der Waals surface area contributed by atoms with Crippen LogP contribution in [0.4, 0.5) is 5.69 Å². The number of aromatic nitrogens is 2. The molecule has 12 heteroatoms. The van der Waals surface area contributed by atoms with Crippen molar-refractivity contribution in [1.29, 1.82) is 0 Å². The number of carbonyl (C=O) groups is 2. The summed E-state index contributed by atoms with van der Waals surface area (Å²) in [6.45, 7) is 0. The fraction of sp³-hybridized carbons (Fsp3) is 0.263. The number of nitro groups is 1. The Balaban J connectivity index is 2.61. The van der Waals surface area contributed by atoms with Crippen molar-refractivity contribution in [2.75, 3.05) is 14.2 Å². The first kappa shape index (κ1) is 21.5. The van der Waals surface area contributed by atoms with Crippen LogP contribution in [0.2, 0.25) is 0 Å². The lowest BCUT2D eigenvalue weighted by atomic mass is 9.88. The molecule has 0 N–H and O–H groups in total. The van der Waals surface area contributed by atoms with Gasteiger partial charge in [-0.2, -0.15) is 0 Å². The van der Waals surface area contributed by atoms with Crippen LogP contribution >= 0.6 is 0 Å². The number of nitrogens with zero attached hydrogens (tertiary/aromatic N) is 3. The van der Waals surface area contributed by atoms with Crippen LogP contribution in [0.5, 0.6) is 5.88 Å². The average molecular weight is 431 g/mol. The van der Waals surface area contributed by atoms with E-state index in [0.717, 1.165) is 23.4 Å². The van der Waals surface area contributed by atoms with Crippen LogP contribution < -0.4 is 16.0 Å². The summed E-state index contributed by atoms with van der Waals surface area (Å²) in [5.74, 6) is -2.44. The van der Waals surface area contributed by atoms with Gasteiger partial charge in [0, 0.05) is 25.7 Å². The summed E-state index contributed by atoms with van der Waals surface area (Å²) in [4.78, 5) is 61.6. The molecule has 0 aliphatic carbocycles. The van der Waals surface area contributed by atoms with Gasteiger partial charge >= 0.3 is 17.6 Å². The van der Waals surface area contributed by atoms with Crippen molar-refractivity contribution < 1.29 is 28.7 Å². The molecular weight excluding hydrogens is 414 g/mol. The van der Waals surface area contributed by atoms with Gasteiger partial charge < -0.3 is 14.2 Å². The lowest BCUT2D eigenvalue weighted by molar-refractivity contribution is -0.385. The van der Waals surface area contributed by atoms with Gasteiger partial charge in [0.05, 0.1) is 30.3 Å². The summed E-state index contributed by atoms with van der Waals surface area (Å²) >= 11 is 0. The third kappa shape index (κ3) is 3.27. The topological polar surface area (TPSA) is 149 Å². The molecule has 0 bridgehead atoms. The fourth-order valence-corrected chi connectivity index (χ4v) is 3.33. The Bertz CT molecular complexity index is 1270. The van der Waals surface area contributed by atoms with Crippen LogP contribution in [0.1, 0.15) is 11.1 Å². The van der Waals surface area contributed by atoms with E-state index in [0.29, 0.717) is 0 Å². The molecule has 31 heavy (non-hydrogen) atoms. The monoisotopic (exact) mass is 431 g/mol. The molecular formula is C19H17N3O9. The lowest BCUT2D eigenvalue weighted by Gasteiger charge is -2.29. The van der Waals surface area contributed by atoms with Crippen LogP contribution in [-0.2, 0) is 33.2 Å². The molecule has 0 saturated heterocycles. The van der Waals surface area contributed by atoms with E-state index < -0.39 is 45.5 Å². The number of carbonyl (C=O) groups excluding carboxylic acids is 2. The Labute approximate surface area is 174 Å².